The van der Waals surface area contributed by atoms with E-state index in [4.69, 9.17) is 9.47 Å². The van der Waals surface area contributed by atoms with E-state index in [0.717, 1.165) is 12.8 Å². The standard InChI is InChI=1S/C26H44O3/c1-3-4-5-6-7-8-9-10-11-12-13-14-15-16-17-20-23-29-26(27)24-21-18-19-22-25(24)28-2/h18-19,21-22H,3-17,20,23H2,1-2H3. The van der Waals surface area contributed by atoms with Gasteiger partial charge in [-0.2, -0.15) is 0 Å². The molecule has 1 rings (SSSR count). The molecule has 0 radical (unpaired) electrons. The summed E-state index contributed by atoms with van der Waals surface area (Å²) >= 11 is 0. The molecule has 3 heteroatoms. The number of benzene rings is 1. The second-order valence-corrected chi connectivity index (χ2v) is 8.14. The fourth-order valence-electron chi connectivity index (χ4n) is 3.71. The highest BCUT2D eigenvalue weighted by atomic mass is 16.5. The van der Waals surface area contributed by atoms with Gasteiger partial charge in [-0.1, -0.05) is 115 Å². The van der Waals surface area contributed by atoms with Crippen LogP contribution < -0.4 is 4.74 Å². The van der Waals surface area contributed by atoms with E-state index < -0.39 is 0 Å². The quantitative estimate of drug-likeness (QED) is 0.172. The topological polar surface area (TPSA) is 35.5 Å². The van der Waals surface area contributed by atoms with Crippen LogP contribution in [0.25, 0.3) is 0 Å². The van der Waals surface area contributed by atoms with E-state index in [1.165, 1.54) is 89.9 Å². The molecule has 0 unspecified atom stereocenters. The molecule has 0 heterocycles. The Hall–Kier alpha value is -1.51. The highest BCUT2D eigenvalue weighted by molar-refractivity contribution is 5.92. The molecule has 0 spiro atoms. The summed E-state index contributed by atoms with van der Waals surface area (Å²) in [6.07, 6.45) is 21.5. The Morgan fingerprint density at radius 2 is 1.14 bits per heavy atom. The molecular weight excluding hydrogens is 360 g/mol. The number of ether oxygens (including phenoxy) is 2. The maximum absolute atomic E-state index is 12.1. The highest BCUT2D eigenvalue weighted by Crippen LogP contribution is 2.18. The first kappa shape index (κ1) is 25.5. The summed E-state index contributed by atoms with van der Waals surface area (Å²) in [7, 11) is 1.57. The number of carbonyl (C=O) groups is 1. The summed E-state index contributed by atoms with van der Waals surface area (Å²) in [4.78, 5) is 12.1. The van der Waals surface area contributed by atoms with Crippen LogP contribution in [0.15, 0.2) is 24.3 Å². The molecule has 0 atom stereocenters. The number of hydrogen-bond donors (Lipinski definition) is 0. The van der Waals surface area contributed by atoms with Gasteiger partial charge in [-0.3, -0.25) is 0 Å². The Bertz CT molecular complexity index is 512. The van der Waals surface area contributed by atoms with Crippen LogP contribution in [0.3, 0.4) is 0 Å². The van der Waals surface area contributed by atoms with Crippen LogP contribution >= 0.6 is 0 Å². The van der Waals surface area contributed by atoms with Crippen molar-refractivity contribution in [3.05, 3.63) is 29.8 Å². The van der Waals surface area contributed by atoms with Crippen molar-refractivity contribution in [2.45, 2.75) is 110 Å². The van der Waals surface area contributed by atoms with Crippen molar-refractivity contribution in [3.8, 4) is 5.75 Å². The van der Waals surface area contributed by atoms with Gasteiger partial charge in [0.1, 0.15) is 11.3 Å². The van der Waals surface area contributed by atoms with Gasteiger partial charge in [0.15, 0.2) is 0 Å². The van der Waals surface area contributed by atoms with Gasteiger partial charge in [0.25, 0.3) is 0 Å². The van der Waals surface area contributed by atoms with Gasteiger partial charge in [0, 0.05) is 0 Å². The van der Waals surface area contributed by atoms with Crippen molar-refractivity contribution in [1.82, 2.24) is 0 Å². The Morgan fingerprint density at radius 1 is 0.690 bits per heavy atom. The summed E-state index contributed by atoms with van der Waals surface area (Å²) in [5.41, 5.74) is 0.506. The number of carbonyl (C=O) groups excluding carboxylic acids is 1. The summed E-state index contributed by atoms with van der Waals surface area (Å²) in [6, 6.07) is 7.21. The zero-order valence-electron chi connectivity index (χ0n) is 19.1. The van der Waals surface area contributed by atoms with Crippen LogP contribution in [-0.2, 0) is 4.74 Å². The first-order valence-corrected chi connectivity index (χ1v) is 12.1. The predicted molar refractivity (Wildman–Crippen MR) is 123 cm³/mol. The summed E-state index contributed by atoms with van der Waals surface area (Å²) in [6.45, 7) is 2.77. The molecule has 0 aliphatic rings. The molecule has 0 aliphatic heterocycles. The molecule has 1 aromatic carbocycles. The fourth-order valence-corrected chi connectivity index (χ4v) is 3.71. The summed E-state index contributed by atoms with van der Waals surface area (Å²) in [5, 5.41) is 0. The maximum atomic E-state index is 12.1. The second kappa shape index (κ2) is 18.5. The normalized spacial score (nSPS) is 10.8. The fraction of sp³-hybridized carbons (Fsp3) is 0.731. The molecule has 0 saturated carbocycles. The average molecular weight is 405 g/mol. The Morgan fingerprint density at radius 3 is 1.62 bits per heavy atom. The van der Waals surface area contributed by atoms with Crippen LogP contribution in [0.4, 0.5) is 0 Å². The van der Waals surface area contributed by atoms with Gasteiger partial charge in [0.2, 0.25) is 0 Å². The van der Waals surface area contributed by atoms with E-state index in [0.29, 0.717) is 17.9 Å². The van der Waals surface area contributed by atoms with Gasteiger partial charge in [-0.05, 0) is 18.6 Å². The van der Waals surface area contributed by atoms with Crippen LogP contribution in [0.2, 0.25) is 0 Å². The summed E-state index contributed by atoms with van der Waals surface area (Å²) < 4.78 is 10.6. The number of rotatable bonds is 19. The van der Waals surface area contributed by atoms with Gasteiger partial charge >= 0.3 is 5.97 Å². The van der Waals surface area contributed by atoms with E-state index in [2.05, 4.69) is 6.92 Å². The predicted octanol–water partition coefficient (Wildman–Crippen LogP) is 8.11. The molecule has 0 N–H and O–H groups in total. The van der Waals surface area contributed by atoms with Crippen molar-refractivity contribution >= 4 is 5.97 Å². The zero-order valence-corrected chi connectivity index (χ0v) is 19.1. The minimum absolute atomic E-state index is 0.289. The van der Waals surface area contributed by atoms with Crippen LogP contribution in [0, 0.1) is 0 Å². The number of esters is 1. The van der Waals surface area contributed by atoms with Gasteiger partial charge in [-0.15, -0.1) is 0 Å². The van der Waals surface area contributed by atoms with E-state index in [9.17, 15) is 4.79 Å². The van der Waals surface area contributed by atoms with Crippen LogP contribution in [0.5, 0.6) is 5.75 Å². The molecule has 0 aromatic heterocycles. The van der Waals surface area contributed by atoms with E-state index >= 15 is 0 Å². The minimum Gasteiger partial charge on any atom is -0.496 e. The smallest absolute Gasteiger partial charge is 0.341 e. The van der Waals surface area contributed by atoms with Gasteiger partial charge < -0.3 is 9.47 Å². The van der Waals surface area contributed by atoms with E-state index in [1.54, 1.807) is 19.2 Å². The molecule has 3 nitrogen and oxygen atoms in total. The molecule has 0 fully saturated rings. The Labute approximate surface area is 179 Å². The lowest BCUT2D eigenvalue weighted by Crippen LogP contribution is -2.08. The molecule has 29 heavy (non-hydrogen) atoms. The lowest BCUT2D eigenvalue weighted by atomic mass is 10.0. The number of unbranched alkanes of at least 4 members (excludes halogenated alkanes) is 15. The van der Waals surface area contributed by atoms with Crippen LogP contribution in [-0.4, -0.2) is 19.7 Å². The molecule has 166 valence electrons. The third-order valence-electron chi connectivity index (χ3n) is 5.56. The maximum Gasteiger partial charge on any atom is 0.341 e. The van der Waals surface area contributed by atoms with Gasteiger partial charge in [0.05, 0.1) is 13.7 Å². The lowest BCUT2D eigenvalue weighted by molar-refractivity contribution is 0.0494. The SMILES string of the molecule is CCCCCCCCCCCCCCCCCCOC(=O)c1ccccc1OC. The first-order valence-electron chi connectivity index (χ1n) is 12.1. The van der Waals surface area contributed by atoms with Crippen molar-refractivity contribution < 1.29 is 14.3 Å². The number of methoxy groups -OCH3 is 1. The zero-order chi connectivity index (χ0) is 21.0. The largest absolute Gasteiger partial charge is 0.496 e. The molecule has 0 bridgehead atoms. The van der Waals surface area contributed by atoms with E-state index in [-0.39, 0.29) is 5.97 Å². The first-order chi connectivity index (χ1) is 14.3. The number of para-hydroxylation sites is 1. The monoisotopic (exact) mass is 404 g/mol. The molecular formula is C26H44O3. The number of hydrogen-bond acceptors (Lipinski definition) is 3. The Kier molecular flexibility index (Phi) is 16.3. The third-order valence-corrected chi connectivity index (χ3v) is 5.56. The van der Waals surface area contributed by atoms with Crippen molar-refractivity contribution in [1.29, 1.82) is 0 Å². The average Bonchev–Trinajstić information content (AvgIpc) is 2.75. The molecule has 1 aromatic rings. The minimum atomic E-state index is -0.289. The molecule has 0 saturated heterocycles. The van der Waals surface area contributed by atoms with Gasteiger partial charge in [-0.25, -0.2) is 4.79 Å². The van der Waals surface area contributed by atoms with Crippen LogP contribution in [0.1, 0.15) is 120 Å². The third kappa shape index (κ3) is 13.4. The lowest BCUT2D eigenvalue weighted by Gasteiger charge is -2.08. The van der Waals surface area contributed by atoms with Crippen molar-refractivity contribution in [2.24, 2.45) is 0 Å². The van der Waals surface area contributed by atoms with Crippen molar-refractivity contribution in [2.75, 3.05) is 13.7 Å². The Balaban J connectivity index is 1.84. The molecule has 0 amide bonds. The summed E-state index contributed by atoms with van der Waals surface area (Å²) in [5.74, 6) is 0.285. The molecule has 0 aliphatic carbocycles. The highest BCUT2D eigenvalue weighted by Gasteiger charge is 2.12. The van der Waals surface area contributed by atoms with E-state index in [1.807, 2.05) is 12.1 Å². The van der Waals surface area contributed by atoms with Crippen molar-refractivity contribution in [3.63, 3.8) is 0 Å². The second-order valence-electron chi connectivity index (χ2n) is 8.14.